The Labute approximate surface area is 135 Å². The van der Waals surface area contributed by atoms with Crippen molar-refractivity contribution >= 4 is 33.0 Å². The topological polar surface area (TPSA) is 106 Å². The van der Waals surface area contributed by atoms with Gasteiger partial charge in [-0.05, 0) is 29.7 Å². The van der Waals surface area contributed by atoms with Gasteiger partial charge in [-0.25, -0.2) is 9.78 Å². The van der Waals surface area contributed by atoms with Crippen molar-refractivity contribution < 1.29 is 14.0 Å². The highest BCUT2D eigenvalue weighted by atomic mass is 32.1. The van der Waals surface area contributed by atoms with Gasteiger partial charge in [0.25, 0.3) is 5.78 Å². The quantitative estimate of drug-likeness (QED) is 0.555. The van der Waals surface area contributed by atoms with Gasteiger partial charge in [-0.2, -0.15) is 0 Å². The molecule has 0 aromatic carbocycles. The second-order valence-corrected chi connectivity index (χ2v) is 6.81. The van der Waals surface area contributed by atoms with E-state index in [-0.39, 0.29) is 5.69 Å². The summed E-state index contributed by atoms with van der Waals surface area (Å²) in [5, 5.41) is 3.06. The Morgan fingerprint density at radius 1 is 1.48 bits per heavy atom. The largest absolute Gasteiger partial charge is 0.438 e. The molecular weight excluding hydrogens is 316 g/mol. The standard InChI is InChI=1S/C15H16N4O3S/c1-7(2)6-8-4-5-9-10(16)13(23-14(9)17-8)12(20)11-15(21)22-18-19(11)3/h4-5,7H,6H2,1-3H3,(H2-,16,18,20,21)/p+1. The van der Waals surface area contributed by atoms with Crippen molar-refractivity contribution in [2.45, 2.75) is 20.3 Å². The third-order valence-electron chi connectivity index (χ3n) is 3.49. The number of nitrogens with one attached hydrogen (secondary N) is 1. The lowest BCUT2D eigenvalue weighted by molar-refractivity contribution is -0.741. The van der Waals surface area contributed by atoms with E-state index in [1.807, 2.05) is 12.1 Å². The van der Waals surface area contributed by atoms with E-state index in [0.29, 0.717) is 21.3 Å². The van der Waals surface area contributed by atoms with Crippen molar-refractivity contribution in [3.63, 3.8) is 0 Å². The number of pyridine rings is 1. The predicted molar refractivity (Wildman–Crippen MR) is 86.5 cm³/mol. The van der Waals surface area contributed by atoms with E-state index >= 15 is 0 Å². The molecule has 0 saturated heterocycles. The molecule has 3 rings (SSSR count). The Hall–Kier alpha value is -2.48. The first-order chi connectivity index (χ1) is 10.9. The minimum absolute atomic E-state index is 0.0920. The van der Waals surface area contributed by atoms with E-state index in [4.69, 9.17) is 5.73 Å². The maximum atomic E-state index is 12.6. The molecular formula is C15H17N4O3S+. The summed E-state index contributed by atoms with van der Waals surface area (Å²) in [6, 6.07) is 3.80. The van der Waals surface area contributed by atoms with Gasteiger partial charge < -0.3 is 5.73 Å². The first kappa shape index (κ1) is 15.4. The Morgan fingerprint density at radius 2 is 2.22 bits per heavy atom. The summed E-state index contributed by atoms with van der Waals surface area (Å²) in [6.07, 6.45) is 0.855. The maximum absolute atomic E-state index is 12.6. The molecule has 7 nitrogen and oxygen atoms in total. The minimum Gasteiger partial charge on any atom is -0.397 e. The number of aromatic nitrogens is 3. The number of aromatic amines is 1. The highest BCUT2D eigenvalue weighted by Gasteiger charge is 2.31. The van der Waals surface area contributed by atoms with E-state index < -0.39 is 11.4 Å². The lowest BCUT2D eigenvalue weighted by Gasteiger charge is -2.03. The van der Waals surface area contributed by atoms with Crippen LogP contribution < -0.4 is 16.0 Å². The third kappa shape index (κ3) is 2.65. The van der Waals surface area contributed by atoms with Gasteiger partial charge in [0.05, 0.1) is 5.69 Å². The van der Waals surface area contributed by atoms with Gasteiger partial charge in [-0.15, -0.1) is 11.3 Å². The summed E-state index contributed by atoms with van der Waals surface area (Å²) in [5.41, 5.74) is 6.59. The molecule has 0 unspecified atom stereocenters. The molecule has 3 heterocycles. The molecule has 8 heteroatoms. The van der Waals surface area contributed by atoms with Gasteiger partial charge in [0, 0.05) is 11.1 Å². The van der Waals surface area contributed by atoms with Crippen LogP contribution in [0.2, 0.25) is 0 Å². The number of thiophene rings is 1. The summed E-state index contributed by atoms with van der Waals surface area (Å²) in [4.78, 5) is 29.8. The number of aryl methyl sites for hydroxylation is 1. The van der Waals surface area contributed by atoms with E-state index in [0.717, 1.165) is 17.5 Å². The first-order valence-electron chi connectivity index (χ1n) is 7.18. The van der Waals surface area contributed by atoms with Crippen molar-refractivity contribution in [2.75, 3.05) is 5.73 Å². The van der Waals surface area contributed by atoms with Crippen LogP contribution in [0.25, 0.3) is 10.2 Å². The van der Waals surface area contributed by atoms with Gasteiger partial charge >= 0.3 is 11.3 Å². The minimum atomic E-state index is -0.720. The number of fused-ring (bicyclic) bond motifs is 1. The highest BCUT2D eigenvalue weighted by molar-refractivity contribution is 7.21. The zero-order valence-electron chi connectivity index (χ0n) is 13.0. The first-order valence-corrected chi connectivity index (χ1v) is 8.00. The fourth-order valence-electron chi connectivity index (χ4n) is 2.43. The smallest absolute Gasteiger partial charge is 0.397 e. The van der Waals surface area contributed by atoms with Crippen molar-refractivity contribution in [3.8, 4) is 0 Å². The van der Waals surface area contributed by atoms with Gasteiger partial charge in [-0.1, -0.05) is 18.5 Å². The molecule has 0 radical (unpaired) electrons. The van der Waals surface area contributed by atoms with Crippen LogP contribution in [-0.2, 0) is 13.5 Å². The van der Waals surface area contributed by atoms with Crippen molar-refractivity contribution in [1.29, 1.82) is 0 Å². The van der Waals surface area contributed by atoms with Crippen molar-refractivity contribution in [2.24, 2.45) is 13.0 Å². The van der Waals surface area contributed by atoms with Crippen molar-refractivity contribution in [3.05, 3.63) is 38.8 Å². The Balaban J connectivity index is 2.10. The van der Waals surface area contributed by atoms with Crippen LogP contribution >= 0.6 is 11.3 Å². The van der Waals surface area contributed by atoms with Crippen LogP contribution in [-0.4, -0.2) is 16.0 Å². The molecule has 0 aliphatic rings. The second kappa shape index (κ2) is 5.62. The Kier molecular flexibility index (Phi) is 3.77. The number of carbonyl (C=O) groups is 1. The van der Waals surface area contributed by atoms with Crippen LogP contribution in [0.4, 0.5) is 5.69 Å². The molecule has 0 fully saturated rings. The van der Waals surface area contributed by atoms with Gasteiger partial charge in [0.2, 0.25) is 0 Å². The predicted octanol–water partition coefficient (Wildman–Crippen LogP) is 1.41. The number of hydrogen-bond donors (Lipinski definition) is 2. The molecule has 0 saturated carbocycles. The number of rotatable bonds is 4. The zero-order valence-corrected chi connectivity index (χ0v) is 13.9. The number of ketones is 1. The molecule has 0 amide bonds. The molecule has 23 heavy (non-hydrogen) atoms. The fourth-order valence-corrected chi connectivity index (χ4v) is 3.48. The van der Waals surface area contributed by atoms with Gasteiger partial charge in [0.1, 0.15) is 9.71 Å². The molecule has 120 valence electrons. The average Bonchev–Trinajstić information content (AvgIpc) is 2.98. The molecule has 0 atom stereocenters. The molecule has 0 spiro atoms. The number of carbonyl (C=O) groups excluding carboxylic acids is 1. The SMILES string of the molecule is CC(C)Cc1ccc2c(N)c(C(=O)c3c(=O)o[nH][n+]3C)sc2n1. The summed E-state index contributed by atoms with van der Waals surface area (Å²) in [5.74, 6) is 0.0234. The van der Waals surface area contributed by atoms with Gasteiger partial charge in [0.15, 0.2) is 7.05 Å². The summed E-state index contributed by atoms with van der Waals surface area (Å²) < 4.78 is 5.87. The van der Waals surface area contributed by atoms with Crippen molar-refractivity contribution in [1.82, 2.24) is 10.3 Å². The lowest BCUT2D eigenvalue weighted by Crippen LogP contribution is -2.39. The number of nitrogens with zero attached hydrogens (tertiary/aromatic N) is 2. The number of H-pyrrole nitrogens is 1. The van der Waals surface area contributed by atoms with E-state index in [1.165, 1.54) is 23.1 Å². The second-order valence-electron chi connectivity index (χ2n) is 5.82. The lowest BCUT2D eigenvalue weighted by atomic mass is 10.1. The highest BCUT2D eigenvalue weighted by Crippen LogP contribution is 2.33. The normalized spacial score (nSPS) is 11.5. The summed E-state index contributed by atoms with van der Waals surface area (Å²) >= 11 is 1.20. The van der Waals surface area contributed by atoms with E-state index in [1.54, 1.807) is 0 Å². The zero-order chi connectivity index (χ0) is 16.7. The van der Waals surface area contributed by atoms with Crippen LogP contribution in [0, 0.1) is 5.92 Å². The average molecular weight is 333 g/mol. The number of hydrogen-bond acceptors (Lipinski definition) is 6. The van der Waals surface area contributed by atoms with Crippen LogP contribution in [0.15, 0.2) is 21.5 Å². The van der Waals surface area contributed by atoms with E-state index in [9.17, 15) is 9.59 Å². The summed E-state index contributed by atoms with van der Waals surface area (Å²) in [7, 11) is 1.53. The fraction of sp³-hybridized carbons (Fsp3) is 0.333. The molecule has 0 aliphatic heterocycles. The Bertz CT molecular complexity index is 951. The molecule has 3 N–H and O–H groups in total. The van der Waals surface area contributed by atoms with Gasteiger partial charge in [-0.3, -0.25) is 9.32 Å². The Morgan fingerprint density at radius 3 is 2.83 bits per heavy atom. The van der Waals surface area contributed by atoms with Crippen LogP contribution in [0.1, 0.15) is 34.9 Å². The van der Waals surface area contributed by atoms with Crippen LogP contribution in [0.5, 0.6) is 0 Å². The molecule has 3 aromatic heterocycles. The number of nitrogens with two attached hydrogens (primary N) is 1. The van der Waals surface area contributed by atoms with Crippen LogP contribution in [0.3, 0.4) is 0 Å². The monoisotopic (exact) mass is 333 g/mol. The molecule has 0 bridgehead atoms. The third-order valence-corrected chi connectivity index (χ3v) is 4.61. The molecule has 3 aromatic rings. The summed E-state index contributed by atoms with van der Waals surface area (Å²) in [6.45, 7) is 4.24. The maximum Gasteiger partial charge on any atom is 0.438 e. The number of anilines is 1. The number of nitrogen functional groups attached to an aromatic ring is 1. The molecule has 0 aliphatic carbocycles. The van der Waals surface area contributed by atoms with E-state index in [2.05, 4.69) is 28.6 Å².